The van der Waals surface area contributed by atoms with E-state index in [4.69, 9.17) is 0 Å². The van der Waals surface area contributed by atoms with Crippen molar-refractivity contribution < 1.29 is 5.11 Å². The van der Waals surface area contributed by atoms with Crippen LogP contribution in [0.25, 0.3) is 11.4 Å². The number of hydrogen-bond donors (Lipinski definition) is 1. The van der Waals surface area contributed by atoms with Gasteiger partial charge >= 0.3 is 0 Å². The third kappa shape index (κ3) is 2.72. The highest BCUT2D eigenvalue weighted by molar-refractivity contribution is 9.10. The second kappa shape index (κ2) is 5.06. The molecule has 0 aliphatic heterocycles. The molecule has 1 heterocycles. The second-order valence-electron chi connectivity index (χ2n) is 5.56. The van der Waals surface area contributed by atoms with Gasteiger partial charge in [-0.3, -0.25) is 0 Å². The number of rotatable bonds is 2. The van der Waals surface area contributed by atoms with Crippen molar-refractivity contribution in [2.24, 2.45) is 0 Å². The summed E-state index contributed by atoms with van der Waals surface area (Å²) >= 11 is 3.46. The fourth-order valence-electron chi connectivity index (χ4n) is 2.18. The SMILES string of the molecule is Cc1cc(Br)ccc1-c1nnc(CO)n1C(C)(C)C. The first-order chi connectivity index (χ1) is 8.84. The molecular weight excluding hydrogens is 306 g/mol. The van der Waals surface area contributed by atoms with Crippen molar-refractivity contribution in [3.63, 3.8) is 0 Å². The Morgan fingerprint density at radius 2 is 1.95 bits per heavy atom. The maximum atomic E-state index is 9.42. The highest BCUT2D eigenvalue weighted by Crippen LogP contribution is 2.29. The van der Waals surface area contributed by atoms with Gasteiger partial charge in [0.25, 0.3) is 0 Å². The Labute approximate surface area is 121 Å². The van der Waals surface area contributed by atoms with Gasteiger partial charge in [-0.15, -0.1) is 10.2 Å². The summed E-state index contributed by atoms with van der Waals surface area (Å²) in [6, 6.07) is 6.06. The van der Waals surface area contributed by atoms with Gasteiger partial charge in [0.15, 0.2) is 11.6 Å². The molecule has 0 aliphatic rings. The summed E-state index contributed by atoms with van der Waals surface area (Å²) in [5.74, 6) is 1.38. The van der Waals surface area contributed by atoms with E-state index in [0.29, 0.717) is 5.82 Å². The van der Waals surface area contributed by atoms with Crippen LogP contribution < -0.4 is 0 Å². The molecule has 102 valence electrons. The fourth-order valence-corrected chi connectivity index (χ4v) is 2.65. The highest BCUT2D eigenvalue weighted by atomic mass is 79.9. The molecule has 1 aromatic carbocycles. The zero-order chi connectivity index (χ0) is 14.2. The van der Waals surface area contributed by atoms with Crippen LogP contribution in [0.2, 0.25) is 0 Å². The van der Waals surface area contributed by atoms with Gasteiger partial charge < -0.3 is 9.67 Å². The van der Waals surface area contributed by atoms with Crippen molar-refractivity contribution in [3.8, 4) is 11.4 Å². The Morgan fingerprint density at radius 3 is 2.47 bits per heavy atom. The minimum Gasteiger partial charge on any atom is -0.388 e. The summed E-state index contributed by atoms with van der Waals surface area (Å²) in [4.78, 5) is 0. The number of nitrogens with zero attached hydrogens (tertiary/aromatic N) is 3. The molecule has 0 saturated heterocycles. The van der Waals surface area contributed by atoms with Crippen LogP contribution in [-0.4, -0.2) is 19.9 Å². The Balaban J connectivity index is 2.66. The summed E-state index contributed by atoms with van der Waals surface area (Å²) in [6.45, 7) is 8.16. The largest absolute Gasteiger partial charge is 0.388 e. The molecule has 4 nitrogen and oxygen atoms in total. The number of halogens is 1. The predicted octanol–water partition coefficient (Wildman–Crippen LogP) is 3.26. The van der Waals surface area contributed by atoms with E-state index in [9.17, 15) is 5.11 Å². The van der Waals surface area contributed by atoms with E-state index in [1.165, 1.54) is 0 Å². The molecule has 2 rings (SSSR count). The van der Waals surface area contributed by atoms with Crippen LogP contribution in [0.15, 0.2) is 22.7 Å². The van der Waals surface area contributed by atoms with Crippen LogP contribution in [0.3, 0.4) is 0 Å². The molecule has 5 heteroatoms. The van der Waals surface area contributed by atoms with E-state index < -0.39 is 0 Å². The topological polar surface area (TPSA) is 50.9 Å². The smallest absolute Gasteiger partial charge is 0.164 e. The monoisotopic (exact) mass is 323 g/mol. The zero-order valence-corrected chi connectivity index (χ0v) is 13.2. The van der Waals surface area contributed by atoms with Crippen molar-refractivity contribution in [2.45, 2.75) is 39.8 Å². The van der Waals surface area contributed by atoms with Crippen LogP contribution >= 0.6 is 15.9 Å². The lowest BCUT2D eigenvalue weighted by molar-refractivity contribution is 0.250. The van der Waals surface area contributed by atoms with E-state index in [1.54, 1.807) is 0 Å². The first kappa shape index (κ1) is 14.2. The Morgan fingerprint density at radius 1 is 1.26 bits per heavy atom. The lowest BCUT2D eigenvalue weighted by atomic mass is 10.0. The first-order valence-corrected chi connectivity index (χ1v) is 6.96. The average molecular weight is 324 g/mol. The van der Waals surface area contributed by atoms with Gasteiger partial charge in [0, 0.05) is 15.6 Å². The molecule has 0 amide bonds. The number of hydrogen-bond acceptors (Lipinski definition) is 3. The van der Waals surface area contributed by atoms with Gasteiger partial charge in [-0.1, -0.05) is 15.9 Å². The van der Waals surface area contributed by atoms with E-state index >= 15 is 0 Å². The van der Waals surface area contributed by atoms with Crippen molar-refractivity contribution in [3.05, 3.63) is 34.1 Å². The molecular formula is C14H18BrN3O. The third-order valence-electron chi connectivity index (χ3n) is 2.97. The lowest BCUT2D eigenvalue weighted by Gasteiger charge is -2.25. The molecule has 1 aromatic heterocycles. The van der Waals surface area contributed by atoms with Crippen molar-refractivity contribution in [1.29, 1.82) is 0 Å². The zero-order valence-electron chi connectivity index (χ0n) is 11.6. The molecule has 0 fully saturated rings. The van der Waals surface area contributed by atoms with E-state index in [0.717, 1.165) is 21.4 Å². The number of benzene rings is 1. The van der Waals surface area contributed by atoms with Gasteiger partial charge in [0.2, 0.25) is 0 Å². The number of aromatic nitrogens is 3. The van der Waals surface area contributed by atoms with Crippen LogP contribution in [0, 0.1) is 6.92 Å². The average Bonchev–Trinajstić information content (AvgIpc) is 2.72. The lowest BCUT2D eigenvalue weighted by Crippen LogP contribution is -2.25. The molecule has 0 radical (unpaired) electrons. The van der Waals surface area contributed by atoms with E-state index in [-0.39, 0.29) is 12.1 Å². The van der Waals surface area contributed by atoms with Gasteiger partial charge in [-0.25, -0.2) is 0 Å². The second-order valence-corrected chi connectivity index (χ2v) is 6.48. The van der Waals surface area contributed by atoms with Gasteiger partial charge in [0.05, 0.1) is 0 Å². The normalized spacial score (nSPS) is 11.9. The Hall–Kier alpha value is -1.20. The standard InChI is InChI=1S/C14H18BrN3O/c1-9-7-10(15)5-6-11(9)13-17-16-12(8-19)18(13)14(2,3)4/h5-7,19H,8H2,1-4H3. The molecule has 0 spiro atoms. The van der Waals surface area contributed by atoms with Gasteiger partial charge in [-0.2, -0.15) is 0 Å². The van der Waals surface area contributed by atoms with Crippen LogP contribution in [-0.2, 0) is 12.1 Å². The summed E-state index contributed by atoms with van der Waals surface area (Å²) in [7, 11) is 0. The summed E-state index contributed by atoms with van der Waals surface area (Å²) < 4.78 is 3.03. The minimum atomic E-state index is -0.184. The highest BCUT2D eigenvalue weighted by Gasteiger charge is 2.24. The molecule has 0 aliphatic carbocycles. The van der Waals surface area contributed by atoms with E-state index in [1.807, 2.05) is 23.6 Å². The van der Waals surface area contributed by atoms with Crippen molar-refractivity contribution in [1.82, 2.24) is 14.8 Å². The van der Waals surface area contributed by atoms with Crippen LogP contribution in [0.4, 0.5) is 0 Å². The third-order valence-corrected chi connectivity index (χ3v) is 3.46. The van der Waals surface area contributed by atoms with Gasteiger partial charge in [-0.05, 0) is 51.5 Å². The Bertz CT molecular complexity index is 599. The maximum Gasteiger partial charge on any atom is 0.164 e. The van der Waals surface area contributed by atoms with Crippen LogP contribution in [0.5, 0.6) is 0 Å². The molecule has 2 aromatic rings. The fraction of sp³-hybridized carbons (Fsp3) is 0.429. The number of aryl methyl sites for hydroxylation is 1. The van der Waals surface area contributed by atoms with Crippen molar-refractivity contribution in [2.75, 3.05) is 0 Å². The predicted molar refractivity (Wildman–Crippen MR) is 78.8 cm³/mol. The molecule has 0 atom stereocenters. The van der Waals surface area contributed by atoms with Crippen LogP contribution in [0.1, 0.15) is 32.2 Å². The van der Waals surface area contributed by atoms with Crippen molar-refractivity contribution >= 4 is 15.9 Å². The first-order valence-electron chi connectivity index (χ1n) is 6.16. The maximum absolute atomic E-state index is 9.42. The number of aliphatic hydroxyl groups is 1. The van der Waals surface area contributed by atoms with E-state index in [2.05, 4.69) is 53.0 Å². The molecule has 0 saturated carbocycles. The molecule has 0 bridgehead atoms. The summed E-state index contributed by atoms with van der Waals surface area (Å²) in [5, 5.41) is 17.8. The Kier molecular flexibility index (Phi) is 3.78. The molecule has 0 unspecified atom stereocenters. The summed E-state index contributed by atoms with van der Waals surface area (Å²) in [5.41, 5.74) is 1.97. The minimum absolute atomic E-state index is 0.111. The molecule has 19 heavy (non-hydrogen) atoms. The quantitative estimate of drug-likeness (QED) is 0.922. The summed E-state index contributed by atoms with van der Waals surface area (Å²) in [6.07, 6.45) is 0. The molecule has 1 N–H and O–H groups in total. The van der Waals surface area contributed by atoms with Gasteiger partial charge in [0.1, 0.15) is 6.61 Å². The number of aliphatic hydroxyl groups excluding tert-OH is 1.